The average Bonchev–Trinajstić information content (AvgIpc) is 2.76. The van der Waals surface area contributed by atoms with Gasteiger partial charge in [-0.1, -0.05) is 12.1 Å². The van der Waals surface area contributed by atoms with E-state index in [1.165, 1.54) is 0 Å². The molecule has 96 valence electrons. The number of nitrogens with zero attached hydrogens (tertiary/aromatic N) is 2. The first kappa shape index (κ1) is 12.4. The van der Waals surface area contributed by atoms with E-state index in [0.717, 1.165) is 11.3 Å². The highest BCUT2D eigenvalue weighted by Gasteiger charge is 1.98. The highest BCUT2D eigenvalue weighted by Crippen LogP contribution is 2.14. The van der Waals surface area contributed by atoms with Crippen LogP contribution in [0.1, 0.15) is 5.56 Å². The average molecular weight is 247 g/mol. The SMILES string of the molecule is COCc1cccc(OCCn2cc(N)cn2)c1. The predicted molar refractivity (Wildman–Crippen MR) is 69.3 cm³/mol. The van der Waals surface area contributed by atoms with Crippen molar-refractivity contribution in [1.82, 2.24) is 9.78 Å². The maximum Gasteiger partial charge on any atom is 0.119 e. The van der Waals surface area contributed by atoms with Crippen LogP contribution in [-0.4, -0.2) is 23.5 Å². The van der Waals surface area contributed by atoms with Crippen molar-refractivity contribution in [2.75, 3.05) is 19.5 Å². The van der Waals surface area contributed by atoms with E-state index in [1.807, 2.05) is 24.3 Å². The summed E-state index contributed by atoms with van der Waals surface area (Å²) in [6.45, 7) is 1.82. The number of hydrogen-bond donors (Lipinski definition) is 1. The standard InChI is InChI=1S/C13H17N3O2/c1-17-10-11-3-2-4-13(7-11)18-6-5-16-9-12(14)8-15-16/h2-4,7-9H,5-6,10,14H2,1H3. The number of rotatable bonds is 6. The lowest BCUT2D eigenvalue weighted by Gasteiger charge is -2.07. The van der Waals surface area contributed by atoms with Gasteiger partial charge in [0.15, 0.2) is 0 Å². The molecule has 0 bridgehead atoms. The van der Waals surface area contributed by atoms with Gasteiger partial charge >= 0.3 is 0 Å². The molecule has 0 aliphatic heterocycles. The van der Waals surface area contributed by atoms with Gasteiger partial charge < -0.3 is 15.2 Å². The molecule has 18 heavy (non-hydrogen) atoms. The Balaban J connectivity index is 1.84. The molecule has 0 atom stereocenters. The minimum absolute atomic E-state index is 0.553. The molecule has 0 aliphatic carbocycles. The molecule has 0 aliphatic rings. The number of nitrogens with two attached hydrogens (primary N) is 1. The summed E-state index contributed by atoms with van der Waals surface area (Å²) in [5, 5.41) is 4.09. The van der Waals surface area contributed by atoms with E-state index in [2.05, 4.69) is 5.10 Å². The molecular formula is C13H17N3O2. The van der Waals surface area contributed by atoms with Crippen LogP contribution in [0.3, 0.4) is 0 Å². The monoisotopic (exact) mass is 247 g/mol. The summed E-state index contributed by atoms with van der Waals surface area (Å²) >= 11 is 0. The van der Waals surface area contributed by atoms with Crippen LogP contribution < -0.4 is 10.5 Å². The van der Waals surface area contributed by atoms with Gasteiger partial charge in [-0.15, -0.1) is 0 Å². The van der Waals surface area contributed by atoms with Crippen LogP contribution >= 0.6 is 0 Å². The Hall–Kier alpha value is -2.01. The van der Waals surface area contributed by atoms with E-state index in [-0.39, 0.29) is 0 Å². The fourth-order valence-electron chi connectivity index (χ4n) is 1.65. The summed E-state index contributed by atoms with van der Waals surface area (Å²) in [6, 6.07) is 7.86. The molecule has 0 unspecified atom stereocenters. The quantitative estimate of drug-likeness (QED) is 0.843. The first-order valence-electron chi connectivity index (χ1n) is 5.76. The van der Waals surface area contributed by atoms with E-state index in [9.17, 15) is 0 Å². The zero-order chi connectivity index (χ0) is 12.8. The molecule has 0 fully saturated rings. The van der Waals surface area contributed by atoms with Gasteiger partial charge in [0, 0.05) is 13.3 Å². The Morgan fingerprint density at radius 3 is 3.00 bits per heavy atom. The maximum absolute atomic E-state index is 5.65. The van der Waals surface area contributed by atoms with Crippen LogP contribution in [0, 0.1) is 0 Å². The molecule has 5 heteroatoms. The number of ether oxygens (including phenoxy) is 2. The third kappa shape index (κ3) is 3.49. The molecule has 0 saturated heterocycles. The zero-order valence-corrected chi connectivity index (χ0v) is 10.4. The Kier molecular flexibility index (Phi) is 4.20. The number of hydrogen-bond acceptors (Lipinski definition) is 4. The van der Waals surface area contributed by atoms with Crippen molar-refractivity contribution in [3.63, 3.8) is 0 Å². The van der Waals surface area contributed by atoms with E-state index in [4.69, 9.17) is 15.2 Å². The topological polar surface area (TPSA) is 62.3 Å². The third-order valence-electron chi connectivity index (χ3n) is 2.45. The summed E-state index contributed by atoms with van der Waals surface area (Å²) in [7, 11) is 1.68. The summed E-state index contributed by atoms with van der Waals surface area (Å²) in [6.07, 6.45) is 3.41. The zero-order valence-electron chi connectivity index (χ0n) is 10.4. The first-order valence-corrected chi connectivity index (χ1v) is 5.76. The predicted octanol–water partition coefficient (Wildman–Crippen LogP) is 1.69. The van der Waals surface area contributed by atoms with Crippen molar-refractivity contribution in [3.05, 3.63) is 42.2 Å². The highest BCUT2D eigenvalue weighted by molar-refractivity contribution is 5.30. The molecular weight excluding hydrogens is 230 g/mol. The Labute approximate surface area is 106 Å². The van der Waals surface area contributed by atoms with Crippen molar-refractivity contribution in [2.45, 2.75) is 13.2 Å². The van der Waals surface area contributed by atoms with Gasteiger partial charge in [0.1, 0.15) is 12.4 Å². The molecule has 2 N–H and O–H groups in total. The van der Waals surface area contributed by atoms with Gasteiger partial charge in [-0.3, -0.25) is 4.68 Å². The van der Waals surface area contributed by atoms with Gasteiger partial charge in [0.25, 0.3) is 0 Å². The van der Waals surface area contributed by atoms with Crippen LogP contribution in [0.2, 0.25) is 0 Å². The molecule has 0 radical (unpaired) electrons. The Morgan fingerprint density at radius 2 is 2.28 bits per heavy atom. The van der Waals surface area contributed by atoms with E-state index in [0.29, 0.717) is 25.4 Å². The Morgan fingerprint density at radius 1 is 1.39 bits per heavy atom. The largest absolute Gasteiger partial charge is 0.492 e. The molecule has 1 heterocycles. The van der Waals surface area contributed by atoms with Crippen LogP contribution in [0.25, 0.3) is 0 Å². The van der Waals surface area contributed by atoms with Crippen molar-refractivity contribution in [3.8, 4) is 5.75 Å². The van der Waals surface area contributed by atoms with Crippen LogP contribution in [-0.2, 0) is 17.9 Å². The minimum atomic E-state index is 0.553. The van der Waals surface area contributed by atoms with E-state index >= 15 is 0 Å². The van der Waals surface area contributed by atoms with Crippen LogP contribution in [0.4, 0.5) is 5.69 Å². The lowest BCUT2D eigenvalue weighted by molar-refractivity contribution is 0.184. The molecule has 2 aromatic rings. The fraction of sp³-hybridized carbons (Fsp3) is 0.308. The third-order valence-corrected chi connectivity index (χ3v) is 2.45. The lowest BCUT2D eigenvalue weighted by Crippen LogP contribution is -2.08. The number of aromatic nitrogens is 2. The molecule has 0 spiro atoms. The van der Waals surface area contributed by atoms with Crippen LogP contribution in [0.15, 0.2) is 36.7 Å². The second-order valence-corrected chi connectivity index (χ2v) is 3.97. The summed E-state index contributed by atoms with van der Waals surface area (Å²) in [5.41, 5.74) is 7.34. The second-order valence-electron chi connectivity index (χ2n) is 3.97. The number of methoxy groups -OCH3 is 1. The minimum Gasteiger partial charge on any atom is -0.492 e. The molecule has 2 rings (SSSR count). The maximum atomic E-state index is 5.65. The number of benzene rings is 1. The van der Waals surface area contributed by atoms with Crippen LogP contribution in [0.5, 0.6) is 5.75 Å². The fourth-order valence-corrected chi connectivity index (χ4v) is 1.65. The van der Waals surface area contributed by atoms with E-state index < -0.39 is 0 Å². The van der Waals surface area contributed by atoms with Crippen molar-refractivity contribution in [2.24, 2.45) is 0 Å². The van der Waals surface area contributed by atoms with Gasteiger partial charge in [0.2, 0.25) is 0 Å². The first-order chi connectivity index (χ1) is 8.78. The van der Waals surface area contributed by atoms with Gasteiger partial charge in [-0.2, -0.15) is 5.10 Å². The van der Waals surface area contributed by atoms with Crippen molar-refractivity contribution >= 4 is 5.69 Å². The number of nitrogen functional groups attached to an aromatic ring is 1. The molecule has 5 nitrogen and oxygen atoms in total. The van der Waals surface area contributed by atoms with Gasteiger partial charge in [0.05, 0.1) is 25.0 Å². The Bertz CT molecular complexity index is 496. The van der Waals surface area contributed by atoms with Crippen molar-refractivity contribution in [1.29, 1.82) is 0 Å². The molecule has 1 aromatic carbocycles. The van der Waals surface area contributed by atoms with Crippen molar-refractivity contribution < 1.29 is 9.47 Å². The smallest absolute Gasteiger partial charge is 0.119 e. The van der Waals surface area contributed by atoms with Gasteiger partial charge in [-0.05, 0) is 17.7 Å². The molecule has 1 aromatic heterocycles. The normalized spacial score (nSPS) is 10.5. The highest BCUT2D eigenvalue weighted by atomic mass is 16.5. The second kappa shape index (κ2) is 6.07. The lowest BCUT2D eigenvalue weighted by atomic mass is 10.2. The molecule has 0 saturated carbocycles. The summed E-state index contributed by atoms with van der Waals surface area (Å²) in [5.74, 6) is 0.838. The summed E-state index contributed by atoms with van der Waals surface area (Å²) < 4.78 is 12.5. The molecule has 0 amide bonds. The van der Waals surface area contributed by atoms with Gasteiger partial charge in [-0.25, -0.2) is 0 Å². The van der Waals surface area contributed by atoms with E-state index in [1.54, 1.807) is 24.2 Å². The number of anilines is 1. The summed E-state index contributed by atoms with van der Waals surface area (Å²) in [4.78, 5) is 0.